The highest BCUT2D eigenvalue weighted by Crippen LogP contribution is 2.45. The van der Waals surface area contributed by atoms with Gasteiger partial charge in [0.2, 0.25) is 5.91 Å². The number of methoxy groups -OCH3 is 1. The van der Waals surface area contributed by atoms with Crippen LogP contribution in [0, 0.1) is 5.92 Å². The van der Waals surface area contributed by atoms with E-state index in [1.807, 2.05) is 0 Å². The first-order valence-corrected chi connectivity index (χ1v) is 9.84. The van der Waals surface area contributed by atoms with Crippen molar-refractivity contribution in [2.75, 3.05) is 20.3 Å². The first-order valence-electron chi connectivity index (χ1n) is 9.84. The van der Waals surface area contributed by atoms with Crippen molar-refractivity contribution in [1.82, 2.24) is 10.2 Å². The van der Waals surface area contributed by atoms with Gasteiger partial charge in [0.25, 0.3) is 0 Å². The van der Waals surface area contributed by atoms with E-state index in [9.17, 15) is 4.79 Å². The topological polar surface area (TPSA) is 41.6 Å². The third kappa shape index (κ3) is 3.22. The van der Waals surface area contributed by atoms with E-state index >= 15 is 0 Å². The zero-order valence-corrected chi connectivity index (χ0v) is 15.2. The molecule has 0 radical (unpaired) electrons. The quantitative estimate of drug-likeness (QED) is 0.893. The van der Waals surface area contributed by atoms with E-state index in [2.05, 4.69) is 40.5 Å². The van der Waals surface area contributed by atoms with Gasteiger partial charge < -0.3 is 10.1 Å². The van der Waals surface area contributed by atoms with Crippen LogP contribution in [0.3, 0.4) is 0 Å². The Kier molecular flexibility index (Phi) is 4.83. The second-order valence-electron chi connectivity index (χ2n) is 8.13. The van der Waals surface area contributed by atoms with Crippen LogP contribution in [0.2, 0.25) is 0 Å². The molecule has 0 bridgehead atoms. The number of carbonyl (C=O) groups is 1. The summed E-state index contributed by atoms with van der Waals surface area (Å²) in [4.78, 5) is 15.8. The summed E-state index contributed by atoms with van der Waals surface area (Å²) in [6.07, 6.45) is 7.79. The van der Waals surface area contributed by atoms with Crippen molar-refractivity contribution >= 4 is 5.91 Å². The zero-order valence-electron chi connectivity index (χ0n) is 15.2. The van der Waals surface area contributed by atoms with Gasteiger partial charge in [0, 0.05) is 19.2 Å². The second kappa shape index (κ2) is 7.08. The molecule has 4 heteroatoms. The minimum atomic E-state index is -0.125. The molecule has 2 saturated heterocycles. The number of rotatable bonds is 5. The Morgan fingerprint density at radius 1 is 1.24 bits per heavy atom. The predicted octanol–water partition coefficient (Wildman–Crippen LogP) is 3.29. The molecule has 3 aliphatic rings. The van der Waals surface area contributed by atoms with Crippen molar-refractivity contribution < 1.29 is 9.53 Å². The maximum atomic E-state index is 13.2. The van der Waals surface area contributed by atoms with E-state index in [1.165, 1.54) is 24.8 Å². The molecule has 0 aromatic heterocycles. The van der Waals surface area contributed by atoms with Gasteiger partial charge in [-0.2, -0.15) is 0 Å². The van der Waals surface area contributed by atoms with E-state index in [0.29, 0.717) is 18.7 Å². The van der Waals surface area contributed by atoms with Gasteiger partial charge in [0.15, 0.2) is 0 Å². The predicted molar refractivity (Wildman–Crippen MR) is 98.2 cm³/mol. The molecule has 25 heavy (non-hydrogen) atoms. The summed E-state index contributed by atoms with van der Waals surface area (Å²) in [5, 5.41) is 3.43. The second-order valence-corrected chi connectivity index (χ2v) is 8.13. The Balaban J connectivity index is 1.51. The summed E-state index contributed by atoms with van der Waals surface area (Å²) in [6.45, 7) is 1.76. The molecule has 4 nitrogen and oxygen atoms in total. The largest absolute Gasteiger partial charge is 0.382 e. The first kappa shape index (κ1) is 17.0. The van der Waals surface area contributed by atoms with Crippen LogP contribution in [0.1, 0.15) is 56.6 Å². The lowest BCUT2D eigenvalue weighted by molar-refractivity contribution is -0.128. The molecule has 1 N–H and O–H groups in total. The molecule has 1 aromatic rings. The fourth-order valence-corrected chi connectivity index (χ4v) is 5.44. The lowest BCUT2D eigenvalue weighted by Gasteiger charge is -2.32. The van der Waals surface area contributed by atoms with Crippen LogP contribution in [-0.2, 0) is 9.53 Å². The number of carbonyl (C=O) groups excluding carboxylic acids is 1. The number of ether oxygens (including phenoxy) is 1. The number of hydrogen-bond acceptors (Lipinski definition) is 3. The van der Waals surface area contributed by atoms with E-state index in [-0.39, 0.29) is 17.4 Å². The molecule has 1 aliphatic carbocycles. The Bertz CT molecular complexity index is 597. The fraction of sp³-hybridized carbons (Fsp3) is 0.667. The molecule has 1 amide bonds. The monoisotopic (exact) mass is 342 g/mol. The van der Waals surface area contributed by atoms with E-state index in [0.717, 1.165) is 32.2 Å². The van der Waals surface area contributed by atoms with Crippen molar-refractivity contribution in [2.24, 2.45) is 5.92 Å². The normalized spacial score (nSPS) is 31.2. The van der Waals surface area contributed by atoms with Crippen LogP contribution >= 0.6 is 0 Å². The van der Waals surface area contributed by atoms with Gasteiger partial charge in [0.05, 0.1) is 18.1 Å². The van der Waals surface area contributed by atoms with Crippen LogP contribution in [0.5, 0.6) is 0 Å². The molecule has 3 atom stereocenters. The first-order chi connectivity index (χ1) is 12.2. The van der Waals surface area contributed by atoms with Gasteiger partial charge in [-0.15, -0.1) is 0 Å². The lowest BCUT2D eigenvalue weighted by Crippen LogP contribution is -2.52. The number of nitrogens with zero attached hydrogens (tertiary/aromatic N) is 1. The van der Waals surface area contributed by atoms with E-state index in [1.54, 1.807) is 7.11 Å². The lowest BCUT2D eigenvalue weighted by atomic mass is 9.91. The van der Waals surface area contributed by atoms with Gasteiger partial charge >= 0.3 is 0 Å². The smallest absolute Gasteiger partial charge is 0.225 e. The van der Waals surface area contributed by atoms with Crippen LogP contribution in [-0.4, -0.2) is 42.6 Å². The minimum Gasteiger partial charge on any atom is -0.382 e. The Labute approximate surface area is 150 Å². The zero-order chi connectivity index (χ0) is 17.3. The molecule has 2 heterocycles. The molecule has 1 aromatic carbocycles. The Morgan fingerprint density at radius 2 is 2.00 bits per heavy atom. The van der Waals surface area contributed by atoms with Crippen LogP contribution in [0.25, 0.3) is 0 Å². The number of nitrogens with one attached hydrogen (secondary N) is 1. The summed E-state index contributed by atoms with van der Waals surface area (Å²) in [5.74, 6) is 0.372. The summed E-state index contributed by atoms with van der Waals surface area (Å²) in [5.41, 5.74) is 1.23. The van der Waals surface area contributed by atoms with Gasteiger partial charge in [-0.1, -0.05) is 43.2 Å². The Hall–Kier alpha value is -1.39. The van der Waals surface area contributed by atoms with Crippen LogP contribution in [0.4, 0.5) is 0 Å². The van der Waals surface area contributed by atoms with Crippen molar-refractivity contribution in [2.45, 2.75) is 62.6 Å². The molecule has 0 spiro atoms. The van der Waals surface area contributed by atoms with Gasteiger partial charge in [-0.05, 0) is 44.2 Å². The number of amides is 1. The average molecular weight is 342 g/mol. The summed E-state index contributed by atoms with van der Waals surface area (Å²) in [7, 11) is 1.74. The summed E-state index contributed by atoms with van der Waals surface area (Å²) < 4.78 is 5.44. The van der Waals surface area contributed by atoms with Crippen LogP contribution < -0.4 is 5.32 Å². The molecule has 2 aliphatic heterocycles. The molecule has 4 rings (SSSR count). The molecule has 136 valence electrons. The highest BCUT2D eigenvalue weighted by Gasteiger charge is 2.48. The maximum absolute atomic E-state index is 13.2. The number of hydrogen-bond donors (Lipinski definition) is 1. The van der Waals surface area contributed by atoms with Gasteiger partial charge in [0.1, 0.15) is 0 Å². The third-order valence-electron chi connectivity index (χ3n) is 6.57. The summed E-state index contributed by atoms with van der Waals surface area (Å²) >= 11 is 0. The highest BCUT2D eigenvalue weighted by atomic mass is 16.5. The Morgan fingerprint density at radius 3 is 2.72 bits per heavy atom. The number of fused-ring (bicyclic) bond motifs is 1. The van der Waals surface area contributed by atoms with Crippen molar-refractivity contribution in [3.8, 4) is 0 Å². The minimum absolute atomic E-state index is 0.113. The van der Waals surface area contributed by atoms with Crippen LogP contribution in [0.15, 0.2) is 30.3 Å². The SMILES string of the molecule is COCC1(NC(=O)[C@@H]2C[C@H](c3ccccc3)N3CCC[C@@H]23)CCCC1. The van der Waals surface area contributed by atoms with Gasteiger partial charge in [-0.25, -0.2) is 0 Å². The van der Waals surface area contributed by atoms with Crippen molar-refractivity contribution in [1.29, 1.82) is 0 Å². The standard InChI is InChI=1S/C21H30N2O2/c1-25-15-21(11-5-6-12-21)22-20(24)17-14-19(16-8-3-2-4-9-16)23-13-7-10-18(17)23/h2-4,8-9,17-19H,5-7,10-15H2,1H3,(H,22,24)/t17-,18+,19-/m1/s1. The van der Waals surface area contributed by atoms with Gasteiger partial charge in [-0.3, -0.25) is 9.69 Å². The molecular formula is C21H30N2O2. The van der Waals surface area contributed by atoms with Crippen molar-refractivity contribution in [3.63, 3.8) is 0 Å². The average Bonchev–Trinajstić information content (AvgIpc) is 3.32. The highest BCUT2D eigenvalue weighted by molar-refractivity contribution is 5.81. The molecule has 1 saturated carbocycles. The van der Waals surface area contributed by atoms with Crippen molar-refractivity contribution in [3.05, 3.63) is 35.9 Å². The summed E-state index contributed by atoms with van der Waals surface area (Å²) in [6, 6.07) is 11.5. The molecule has 0 unspecified atom stereocenters. The van der Waals surface area contributed by atoms with E-state index in [4.69, 9.17) is 4.74 Å². The molecular weight excluding hydrogens is 312 g/mol. The third-order valence-corrected chi connectivity index (χ3v) is 6.57. The number of benzene rings is 1. The fourth-order valence-electron chi connectivity index (χ4n) is 5.44. The van der Waals surface area contributed by atoms with E-state index < -0.39 is 0 Å². The molecule has 3 fully saturated rings. The maximum Gasteiger partial charge on any atom is 0.225 e.